The summed E-state index contributed by atoms with van der Waals surface area (Å²) in [4.78, 5) is 25.4. The van der Waals surface area contributed by atoms with Gasteiger partial charge in [0.05, 0.1) is 5.69 Å². The summed E-state index contributed by atoms with van der Waals surface area (Å²) < 4.78 is 11.3. The fraction of sp³-hybridized carbons (Fsp3) is 0.0909. The predicted octanol–water partition coefficient (Wildman–Crippen LogP) is 3.70. The number of hydrogen-bond acceptors (Lipinski definition) is 4. The Labute approximate surface area is 156 Å². The second-order valence-electron chi connectivity index (χ2n) is 6.09. The van der Waals surface area contributed by atoms with Crippen LogP contribution >= 0.6 is 0 Å². The highest BCUT2D eigenvalue weighted by atomic mass is 16.6. The number of fused-ring (bicyclic) bond motifs is 1. The van der Waals surface area contributed by atoms with Gasteiger partial charge in [0.25, 0.3) is 5.91 Å². The standard InChI is InChI=1S/C22H17NO4/c24-21(15-8-2-1-3-9-15)16-10-4-5-11-17(16)23-22(25)20-14-26-18-12-6-7-13-19(18)27-20/h1-13,20H,14H2,(H,23,25)/t20-/m1/s1. The van der Waals surface area contributed by atoms with Crippen molar-refractivity contribution in [1.29, 1.82) is 0 Å². The minimum absolute atomic E-state index is 0.109. The molecule has 1 N–H and O–H groups in total. The average Bonchev–Trinajstić information content (AvgIpc) is 2.74. The van der Waals surface area contributed by atoms with Gasteiger partial charge in [0, 0.05) is 11.1 Å². The summed E-state index contributed by atoms with van der Waals surface area (Å²) in [5, 5.41) is 2.80. The first-order valence-corrected chi connectivity index (χ1v) is 8.60. The molecule has 0 radical (unpaired) electrons. The van der Waals surface area contributed by atoms with Crippen LogP contribution < -0.4 is 14.8 Å². The number of carbonyl (C=O) groups is 2. The van der Waals surface area contributed by atoms with Crippen molar-refractivity contribution in [3.05, 3.63) is 90.0 Å². The Hall–Kier alpha value is -3.60. The Morgan fingerprint density at radius 1 is 0.815 bits per heavy atom. The van der Waals surface area contributed by atoms with E-state index in [1.54, 1.807) is 60.7 Å². The molecule has 1 amide bonds. The second kappa shape index (κ2) is 7.33. The lowest BCUT2D eigenvalue weighted by Gasteiger charge is -2.25. The fourth-order valence-electron chi connectivity index (χ4n) is 2.90. The second-order valence-corrected chi connectivity index (χ2v) is 6.09. The summed E-state index contributed by atoms with van der Waals surface area (Å²) in [6.45, 7) is 0.109. The van der Waals surface area contributed by atoms with Gasteiger partial charge >= 0.3 is 0 Å². The van der Waals surface area contributed by atoms with E-state index in [0.717, 1.165) is 0 Å². The van der Waals surface area contributed by atoms with Crippen LogP contribution in [0.5, 0.6) is 11.5 Å². The smallest absolute Gasteiger partial charge is 0.269 e. The predicted molar refractivity (Wildman–Crippen MR) is 101 cm³/mol. The van der Waals surface area contributed by atoms with E-state index in [0.29, 0.717) is 28.3 Å². The van der Waals surface area contributed by atoms with Crippen molar-refractivity contribution in [2.24, 2.45) is 0 Å². The van der Waals surface area contributed by atoms with Gasteiger partial charge in [0.15, 0.2) is 17.3 Å². The Morgan fingerprint density at radius 2 is 1.48 bits per heavy atom. The van der Waals surface area contributed by atoms with Crippen LogP contribution in [0.2, 0.25) is 0 Å². The van der Waals surface area contributed by atoms with E-state index in [9.17, 15) is 9.59 Å². The van der Waals surface area contributed by atoms with E-state index in [-0.39, 0.29) is 18.3 Å². The molecule has 0 aromatic heterocycles. The highest BCUT2D eigenvalue weighted by molar-refractivity contribution is 6.14. The molecule has 1 heterocycles. The quantitative estimate of drug-likeness (QED) is 0.722. The van der Waals surface area contributed by atoms with Crippen LogP contribution in [-0.4, -0.2) is 24.4 Å². The SMILES string of the molecule is O=C(c1ccccc1)c1ccccc1NC(=O)[C@H]1COc2ccccc2O1. The molecule has 134 valence electrons. The molecule has 0 unspecified atom stereocenters. The van der Waals surface area contributed by atoms with Gasteiger partial charge in [0.2, 0.25) is 6.10 Å². The third kappa shape index (κ3) is 3.53. The van der Waals surface area contributed by atoms with Crippen LogP contribution in [0.25, 0.3) is 0 Å². The molecule has 0 saturated heterocycles. The number of ether oxygens (including phenoxy) is 2. The summed E-state index contributed by atoms with van der Waals surface area (Å²) in [6, 6.07) is 23.1. The summed E-state index contributed by atoms with van der Waals surface area (Å²) in [6.07, 6.45) is -0.792. The molecule has 27 heavy (non-hydrogen) atoms. The summed E-state index contributed by atoms with van der Waals surface area (Å²) >= 11 is 0. The summed E-state index contributed by atoms with van der Waals surface area (Å²) in [5.41, 5.74) is 1.43. The molecule has 1 aliphatic rings. The van der Waals surface area contributed by atoms with Gasteiger partial charge < -0.3 is 14.8 Å². The highest BCUT2D eigenvalue weighted by Gasteiger charge is 2.28. The number of ketones is 1. The van der Waals surface area contributed by atoms with Crippen molar-refractivity contribution in [2.75, 3.05) is 11.9 Å². The van der Waals surface area contributed by atoms with Crippen molar-refractivity contribution in [2.45, 2.75) is 6.10 Å². The molecular weight excluding hydrogens is 342 g/mol. The number of hydrogen-bond donors (Lipinski definition) is 1. The van der Waals surface area contributed by atoms with E-state index in [1.807, 2.05) is 18.2 Å². The zero-order chi connectivity index (χ0) is 18.6. The molecule has 1 atom stereocenters. The van der Waals surface area contributed by atoms with Crippen molar-refractivity contribution < 1.29 is 19.1 Å². The molecular formula is C22H17NO4. The molecule has 3 aromatic carbocycles. The zero-order valence-electron chi connectivity index (χ0n) is 14.4. The average molecular weight is 359 g/mol. The van der Waals surface area contributed by atoms with E-state index in [4.69, 9.17) is 9.47 Å². The highest BCUT2D eigenvalue weighted by Crippen LogP contribution is 2.31. The molecule has 4 rings (SSSR count). The molecule has 5 nitrogen and oxygen atoms in total. The lowest BCUT2D eigenvalue weighted by Crippen LogP contribution is -2.40. The largest absolute Gasteiger partial charge is 0.485 e. The van der Waals surface area contributed by atoms with Crippen molar-refractivity contribution in [3.63, 3.8) is 0 Å². The lowest BCUT2D eigenvalue weighted by molar-refractivity contribution is -0.125. The molecule has 0 saturated carbocycles. The first kappa shape index (κ1) is 16.8. The molecule has 3 aromatic rings. The van der Waals surface area contributed by atoms with Crippen molar-refractivity contribution in [3.8, 4) is 11.5 Å². The number of para-hydroxylation sites is 3. The molecule has 0 bridgehead atoms. The number of benzene rings is 3. The van der Waals surface area contributed by atoms with Gasteiger partial charge in [-0.1, -0.05) is 54.6 Å². The van der Waals surface area contributed by atoms with Crippen LogP contribution in [-0.2, 0) is 4.79 Å². The van der Waals surface area contributed by atoms with Crippen LogP contribution in [0.15, 0.2) is 78.9 Å². The van der Waals surface area contributed by atoms with Crippen LogP contribution in [0.4, 0.5) is 5.69 Å². The van der Waals surface area contributed by atoms with Gasteiger partial charge in [-0.2, -0.15) is 0 Å². The molecule has 1 aliphatic heterocycles. The van der Waals surface area contributed by atoms with Crippen molar-refractivity contribution in [1.82, 2.24) is 0 Å². The number of carbonyl (C=O) groups excluding carboxylic acids is 2. The minimum Gasteiger partial charge on any atom is -0.485 e. The molecule has 0 fully saturated rings. The van der Waals surface area contributed by atoms with Crippen LogP contribution in [0, 0.1) is 0 Å². The normalized spacial score (nSPS) is 15.0. The van der Waals surface area contributed by atoms with Gasteiger partial charge in [-0.3, -0.25) is 9.59 Å². The van der Waals surface area contributed by atoms with E-state index < -0.39 is 6.10 Å². The first-order chi connectivity index (χ1) is 13.2. The van der Waals surface area contributed by atoms with Crippen LogP contribution in [0.1, 0.15) is 15.9 Å². The Balaban J connectivity index is 1.54. The van der Waals surface area contributed by atoms with Gasteiger partial charge in [-0.25, -0.2) is 0 Å². The zero-order valence-corrected chi connectivity index (χ0v) is 14.4. The number of amides is 1. The lowest BCUT2D eigenvalue weighted by atomic mass is 10.0. The Morgan fingerprint density at radius 3 is 2.30 bits per heavy atom. The van der Waals surface area contributed by atoms with Gasteiger partial charge in [-0.15, -0.1) is 0 Å². The third-order valence-electron chi connectivity index (χ3n) is 4.27. The maximum Gasteiger partial charge on any atom is 0.269 e. The first-order valence-electron chi connectivity index (χ1n) is 8.60. The van der Waals surface area contributed by atoms with Crippen LogP contribution in [0.3, 0.4) is 0 Å². The maximum absolute atomic E-state index is 12.8. The monoisotopic (exact) mass is 359 g/mol. The van der Waals surface area contributed by atoms with E-state index in [1.165, 1.54) is 0 Å². The van der Waals surface area contributed by atoms with Gasteiger partial charge in [0.1, 0.15) is 6.61 Å². The number of nitrogens with one attached hydrogen (secondary N) is 1. The third-order valence-corrected chi connectivity index (χ3v) is 4.27. The molecule has 5 heteroatoms. The Bertz CT molecular complexity index is 984. The van der Waals surface area contributed by atoms with Gasteiger partial charge in [-0.05, 0) is 24.3 Å². The van der Waals surface area contributed by atoms with E-state index in [2.05, 4.69) is 5.32 Å². The van der Waals surface area contributed by atoms with E-state index >= 15 is 0 Å². The molecule has 0 aliphatic carbocycles. The van der Waals surface area contributed by atoms with Crippen molar-refractivity contribution >= 4 is 17.4 Å². The number of rotatable bonds is 4. The maximum atomic E-state index is 12.8. The summed E-state index contributed by atoms with van der Waals surface area (Å²) in [7, 11) is 0. The minimum atomic E-state index is -0.792. The summed E-state index contributed by atoms with van der Waals surface area (Å²) in [5.74, 6) is 0.620. The molecule has 0 spiro atoms. The Kier molecular flexibility index (Phi) is 4.58. The number of anilines is 1. The fourth-order valence-corrected chi connectivity index (χ4v) is 2.90. The topological polar surface area (TPSA) is 64.6 Å².